The van der Waals surface area contributed by atoms with Crippen molar-refractivity contribution in [2.24, 2.45) is 5.73 Å². The zero-order chi connectivity index (χ0) is 14.1. The quantitative estimate of drug-likeness (QED) is 0.803. The Hall–Kier alpha value is -1.02. The average Bonchev–Trinajstić information content (AvgIpc) is 2.51. The van der Waals surface area contributed by atoms with E-state index in [-0.39, 0.29) is 6.10 Å². The van der Waals surface area contributed by atoms with Crippen LogP contribution in [0.1, 0.15) is 11.9 Å². The van der Waals surface area contributed by atoms with E-state index in [0.29, 0.717) is 6.61 Å². The molecule has 3 rings (SSSR count). The molecule has 2 heterocycles. The summed E-state index contributed by atoms with van der Waals surface area (Å²) in [6.45, 7) is 0.352. The van der Waals surface area contributed by atoms with Crippen molar-refractivity contribution in [2.45, 2.75) is 36.9 Å². The van der Waals surface area contributed by atoms with Crippen LogP contribution in [0.5, 0.6) is 0 Å². The van der Waals surface area contributed by atoms with Crippen LogP contribution < -0.4 is 5.73 Å². The van der Waals surface area contributed by atoms with E-state index in [0.717, 1.165) is 5.56 Å². The molecule has 0 amide bonds. The highest BCUT2D eigenvalue weighted by Crippen LogP contribution is 2.33. The van der Waals surface area contributed by atoms with E-state index in [1.165, 1.54) is 7.11 Å². The lowest BCUT2D eigenvalue weighted by Crippen LogP contribution is -2.65. The predicted octanol–water partition coefficient (Wildman–Crippen LogP) is 0.160. The van der Waals surface area contributed by atoms with Crippen LogP contribution in [0.25, 0.3) is 0 Å². The van der Waals surface area contributed by atoms with E-state index < -0.39 is 30.8 Å². The molecule has 2 saturated heterocycles. The summed E-state index contributed by atoms with van der Waals surface area (Å²) >= 11 is 0. The Morgan fingerprint density at radius 2 is 2.00 bits per heavy atom. The molecule has 0 aliphatic carbocycles. The van der Waals surface area contributed by atoms with Gasteiger partial charge in [-0.1, -0.05) is 30.3 Å². The molecular weight excluding hydrogens is 262 g/mol. The first-order chi connectivity index (χ1) is 9.70. The Bertz CT molecular complexity index is 440. The van der Waals surface area contributed by atoms with Gasteiger partial charge in [-0.2, -0.15) is 0 Å². The van der Waals surface area contributed by atoms with Crippen LogP contribution >= 0.6 is 0 Å². The summed E-state index contributed by atoms with van der Waals surface area (Å²) in [6, 6.07) is 9.04. The summed E-state index contributed by atoms with van der Waals surface area (Å²) in [4.78, 5) is 0. The number of methoxy groups -OCH3 is 1. The Labute approximate surface area is 117 Å². The number of nitrogens with two attached hydrogens (primary N) is 1. The first-order valence-corrected chi connectivity index (χ1v) is 6.64. The van der Waals surface area contributed by atoms with E-state index in [2.05, 4.69) is 0 Å². The average molecular weight is 281 g/mol. The normalized spacial score (nSPS) is 41.1. The van der Waals surface area contributed by atoms with Crippen LogP contribution in [-0.4, -0.2) is 49.5 Å². The minimum atomic E-state index is -0.921. The van der Waals surface area contributed by atoms with Crippen molar-refractivity contribution in [2.75, 3.05) is 13.7 Å². The van der Waals surface area contributed by atoms with Gasteiger partial charge >= 0.3 is 0 Å². The molecule has 3 N–H and O–H groups in total. The van der Waals surface area contributed by atoms with Crippen molar-refractivity contribution in [3.63, 3.8) is 0 Å². The minimum Gasteiger partial charge on any atom is -0.386 e. The zero-order valence-corrected chi connectivity index (χ0v) is 11.2. The Morgan fingerprint density at radius 1 is 1.25 bits per heavy atom. The fourth-order valence-electron chi connectivity index (χ4n) is 2.61. The highest BCUT2D eigenvalue weighted by Gasteiger charge is 2.48. The molecule has 20 heavy (non-hydrogen) atoms. The third kappa shape index (κ3) is 2.46. The van der Waals surface area contributed by atoms with Crippen LogP contribution in [0.2, 0.25) is 0 Å². The molecule has 2 aliphatic rings. The maximum absolute atomic E-state index is 10.0. The zero-order valence-electron chi connectivity index (χ0n) is 11.2. The van der Waals surface area contributed by atoms with Crippen molar-refractivity contribution in [1.82, 2.24) is 0 Å². The molecule has 6 heteroatoms. The number of hydrogen-bond acceptors (Lipinski definition) is 6. The second-order valence-corrected chi connectivity index (χ2v) is 5.02. The van der Waals surface area contributed by atoms with Crippen LogP contribution in [0, 0.1) is 0 Å². The number of fused-ring (bicyclic) bond motifs is 1. The fraction of sp³-hybridized carbons (Fsp3) is 0.571. The van der Waals surface area contributed by atoms with Crippen LogP contribution in [-0.2, 0) is 18.9 Å². The van der Waals surface area contributed by atoms with E-state index in [4.69, 9.17) is 24.7 Å². The summed E-state index contributed by atoms with van der Waals surface area (Å²) < 4.78 is 22.2. The fourth-order valence-corrected chi connectivity index (χ4v) is 2.61. The number of rotatable bonds is 2. The molecule has 0 aromatic heterocycles. The molecule has 0 unspecified atom stereocenters. The molecule has 0 radical (unpaired) electrons. The molecule has 0 saturated carbocycles. The Morgan fingerprint density at radius 3 is 2.70 bits per heavy atom. The maximum atomic E-state index is 10.0. The predicted molar refractivity (Wildman–Crippen MR) is 69.7 cm³/mol. The topological polar surface area (TPSA) is 83.2 Å². The van der Waals surface area contributed by atoms with Gasteiger partial charge in [0, 0.05) is 12.7 Å². The smallest absolute Gasteiger partial charge is 0.185 e. The molecule has 6 atom stereocenters. The van der Waals surface area contributed by atoms with Gasteiger partial charge in [-0.15, -0.1) is 0 Å². The van der Waals surface area contributed by atoms with Gasteiger partial charge in [-0.3, -0.25) is 0 Å². The van der Waals surface area contributed by atoms with Gasteiger partial charge in [-0.05, 0) is 0 Å². The lowest BCUT2D eigenvalue weighted by atomic mass is 9.96. The van der Waals surface area contributed by atoms with Crippen molar-refractivity contribution in [1.29, 1.82) is 0 Å². The molecule has 0 spiro atoms. The molecule has 1 aromatic carbocycles. The van der Waals surface area contributed by atoms with E-state index in [9.17, 15) is 5.11 Å². The first-order valence-electron chi connectivity index (χ1n) is 6.64. The molecule has 1 aromatic rings. The molecule has 6 nitrogen and oxygen atoms in total. The van der Waals surface area contributed by atoms with Gasteiger partial charge in [0.25, 0.3) is 0 Å². The van der Waals surface area contributed by atoms with Crippen molar-refractivity contribution in [3.8, 4) is 0 Å². The molecule has 2 fully saturated rings. The maximum Gasteiger partial charge on any atom is 0.185 e. The third-order valence-corrected chi connectivity index (χ3v) is 3.72. The van der Waals surface area contributed by atoms with Crippen molar-refractivity contribution in [3.05, 3.63) is 35.9 Å². The number of aliphatic hydroxyl groups excluding tert-OH is 1. The second-order valence-electron chi connectivity index (χ2n) is 5.02. The molecule has 2 aliphatic heterocycles. The standard InChI is InChI=1S/C14H19NO5/c1-17-14-11(16)10(15)12-9(19-14)7-18-13(20-12)8-5-3-2-4-6-8/h2-6,9-14,16H,7,15H2,1H3/t9-,10-,11+,12-,13-,14+/m1/s1. The highest BCUT2D eigenvalue weighted by atomic mass is 16.7. The summed E-state index contributed by atoms with van der Waals surface area (Å²) in [5.41, 5.74) is 6.97. The number of aliphatic hydroxyl groups is 1. The Kier molecular flexibility index (Phi) is 4.02. The number of hydrogen-bond donors (Lipinski definition) is 2. The van der Waals surface area contributed by atoms with Gasteiger partial charge in [-0.25, -0.2) is 0 Å². The van der Waals surface area contributed by atoms with E-state index in [1.54, 1.807) is 0 Å². The number of ether oxygens (including phenoxy) is 4. The summed E-state index contributed by atoms with van der Waals surface area (Å²) in [5.74, 6) is 0. The van der Waals surface area contributed by atoms with Crippen molar-refractivity contribution < 1.29 is 24.1 Å². The summed E-state index contributed by atoms with van der Waals surface area (Å²) in [6.07, 6.45) is -2.91. The molecule has 110 valence electrons. The number of benzene rings is 1. The SMILES string of the molecule is CO[C@H]1O[C@@H]2CO[C@@H](c3ccccc3)O[C@H]2[C@H](N)[C@@H]1O. The monoisotopic (exact) mass is 281 g/mol. The van der Waals surface area contributed by atoms with Crippen molar-refractivity contribution >= 4 is 0 Å². The van der Waals surface area contributed by atoms with Crippen LogP contribution in [0.4, 0.5) is 0 Å². The van der Waals surface area contributed by atoms with E-state index in [1.807, 2.05) is 30.3 Å². The van der Waals surface area contributed by atoms with Crippen LogP contribution in [0.3, 0.4) is 0 Å². The van der Waals surface area contributed by atoms with Gasteiger partial charge in [0.05, 0.1) is 12.6 Å². The summed E-state index contributed by atoms with van der Waals surface area (Å²) in [5, 5.41) is 10.0. The van der Waals surface area contributed by atoms with Gasteiger partial charge < -0.3 is 29.8 Å². The molecular formula is C14H19NO5. The second kappa shape index (κ2) is 5.77. The Balaban J connectivity index is 1.74. The van der Waals surface area contributed by atoms with Crippen LogP contribution in [0.15, 0.2) is 30.3 Å². The molecule has 0 bridgehead atoms. The minimum absolute atomic E-state index is 0.335. The summed E-state index contributed by atoms with van der Waals surface area (Å²) in [7, 11) is 1.47. The van der Waals surface area contributed by atoms with Gasteiger partial charge in [0.15, 0.2) is 12.6 Å². The van der Waals surface area contributed by atoms with E-state index >= 15 is 0 Å². The highest BCUT2D eigenvalue weighted by molar-refractivity contribution is 5.16. The first kappa shape index (κ1) is 13.9. The largest absolute Gasteiger partial charge is 0.386 e. The lowest BCUT2D eigenvalue weighted by Gasteiger charge is -2.46. The lowest BCUT2D eigenvalue weighted by molar-refractivity contribution is -0.338. The van der Waals surface area contributed by atoms with Gasteiger partial charge in [0.2, 0.25) is 0 Å². The van der Waals surface area contributed by atoms with Gasteiger partial charge in [0.1, 0.15) is 18.3 Å². The third-order valence-electron chi connectivity index (χ3n) is 3.72.